The van der Waals surface area contributed by atoms with Gasteiger partial charge in [0.15, 0.2) is 0 Å². The van der Waals surface area contributed by atoms with Gasteiger partial charge in [0.1, 0.15) is 0 Å². The monoisotopic (exact) mass is 299 g/mol. The Bertz CT molecular complexity index is 382. The molecule has 4 heteroatoms. The maximum absolute atomic E-state index is 6.05. The molecule has 1 aromatic carbocycles. The molecule has 0 saturated carbocycles. The molecule has 0 spiro atoms. The summed E-state index contributed by atoms with van der Waals surface area (Å²) in [5.41, 5.74) is 1.09. The first-order valence-electron chi connectivity index (χ1n) is 7.21. The molecule has 1 aromatic rings. The van der Waals surface area contributed by atoms with Crippen LogP contribution in [-0.2, 0) is 9.47 Å². The first kappa shape index (κ1) is 17.4. The van der Waals surface area contributed by atoms with Crippen molar-refractivity contribution in [3.8, 4) is 0 Å². The van der Waals surface area contributed by atoms with Crippen LogP contribution in [0.15, 0.2) is 24.3 Å². The standard InChI is InChI=1S/C16H26ClNO2/c1-12(2)18-11-16(20-9-8-19-13(3)4)14-6-5-7-15(17)10-14/h5-7,10,12-13,16,18H,8-9,11H2,1-4H3. The molecule has 0 bridgehead atoms. The summed E-state index contributed by atoms with van der Waals surface area (Å²) in [5.74, 6) is 0. The quantitative estimate of drug-likeness (QED) is 0.703. The second-order valence-electron chi connectivity index (χ2n) is 5.40. The molecule has 0 aliphatic heterocycles. The second kappa shape index (κ2) is 9.35. The summed E-state index contributed by atoms with van der Waals surface area (Å²) in [6, 6.07) is 8.25. The molecule has 114 valence electrons. The zero-order valence-corrected chi connectivity index (χ0v) is 13.6. The summed E-state index contributed by atoms with van der Waals surface area (Å²) in [7, 11) is 0. The van der Waals surface area contributed by atoms with Gasteiger partial charge in [0.2, 0.25) is 0 Å². The first-order chi connectivity index (χ1) is 9.49. The van der Waals surface area contributed by atoms with Crippen molar-refractivity contribution < 1.29 is 9.47 Å². The first-order valence-corrected chi connectivity index (χ1v) is 7.59. The van der Waals surface area contributed by atoms with E-state index in [9.17, 15) is 0 Å². The SMILES string of the molecule is CC(C)NCC(OCCOC(C)C)c1cccc(Cl)c1. The lowest BCUT2D eigenvalue weighted by Gasteiger charge is -2.21. The van der Waals surface area contributed by atoms with E-state index in [0.29, 0.717) is 19.3 Å². The van der Waals surface area contributed by atoms with Crippen molar-refractivity contribution in [1.29, 1.82) is 0 Å². The van der Waals surface area contributed by atoms with Gasteiger partial charge >= 0.3 is 0 Å². The number of nitrogens with one attached hydrogen (secondary N) is 1. The third-order valence-corrected chi connectivity index (χ3v) is 3.02. The highest BCUT2D eigenvalue weighted by Crippen LogP contribution is 2.20. The van der Waals surface area contributed by atoms with Gasteiger partial charge in [0, 0.05) is 17.6 Å². The van der Waals surface area contributed by atoms with E-state index in [1.54, 1.807) is 0 Å². The number of benzene rings is 1. The molecule has 0 aliphatic rings. The van der Waals surface area contributed by atoms with Crippen LogP contribution in [0.3, 0.4) is 0 Å². The lowest BCUT2D eigenvalue weighted by Crippen LogP contribution is -2.29. The van der Waals surface area contributed by atoms with Crippen LogP contribution >= 0.6 is 11.6 Å². The van der Waals surface area contributed by atoms with Gasteiger partial charge in [-0.1, -0.05) is 37.6 Å². The summed E-state index contributed by atoms with van der Waals surface area (Å²) >= 11 is 6.05. The fraction of sp³-hybridized carbons (Fsp3) is 0.625. The maximum Gasteiger partial charge on any atom is 0.0950 e. The van der Waals surface area contributed by atoms with Crippen LogP contribution in [0, 0.1) is 0 Å². The van der Waals surface area contributed by atoms with Crippen molar-refractivity contribution in [3.05, 3.63) is 34.9 Å². The van der Waals surface area contributed by atoms with Crippen molar-refractivity contribution in [3.63, 3.8) is 0 Å². The fourth-order valence-electron chi connectivity index (χ4n) is 1.80. The van der Waals surface area contributed by atoms with E-state index in [4.69, 9.17) is 21.1 Å². The fourth-order valence-corrected chi connectivity index (χ4v) is 2.00. The average molecular weight is 300 g/mol. The van der Waals surface area contributed by atoms with Crippen molar-refractivity contribution >= 4 is 11.6 Å². The molecule has 1 N–H and O–H groups in total. The van der Waals surface area contributed by atoms with Gasteiger partial charge in [-0.15, -0.1) is 0 Å². The highest BCUT2D eigenvalue weighted by atomic mass is 35.5. The molecule has 0 amide bonds. The lowest BCUT2D eigenvalue weighted by molar-refractivity contribution is -0.0135. The average Bonchev–Trinajstić information content (AvgIpc) is 2.37. The van der Waals surface area contributed by atoms with Crippen LogP contribution in [0.4, 0.5) is 0 Å². The Morgan fingerprint density at radius 2 is 1.80 bits per heavy atom. The topological polar surface area (TPSA) is 30.5 Å². The van der Waals surface area contributed by atoms with E-state index in [2.05, 4.69) is 19.2 Å². The van der Waals surface area contributed by atoms with Gasteiger partial charge < -0.3 is 14.8 Å². The second-order valence-corrected chi connectivity index (χ2v) is 5.83. The Morgan fingerprint density at radius 3 is 2.40 bits per heavy atom. The smallest absolute Gasteiger partial charge is 0.0950 e. The number of hydrogen-bond acceptors (Lipinski definition) is 3. The van der Waals surface area contributed by atoms with Crippen LogP contribution < -0.4 is 5.32 Å². The van der Waals surface area contributed by atoms with Crippen LogP contribution in [0.25, 0.3) is 0 Å². The highest BCUT2D eigenvalue weighted by Gasteiger charge is 2.13. The van der Waals surface area contributed by atoms with Crippen LogP contribution in [0.5, 0.6) is 0 Å². The number of ether oxygens (including phenoxy) is 2. The minimum absolute atomic E-state index is 0.00753. The van der Waals surface area contributed by atoms with Gasteiger partial charge in [-0.05, 0) is 31.5 Å². The molecule has 0 fully saturated rings. The van der Waals surface area contributed by atoms with Crippen molar-refractivity contribution in [2.75, 3.05) is 19.8 Å². The number of rotatable bonds is 9. The largest absolute Gasteiger partial charge is 0.376 e. The van der Waals surface area contributed by atoms with E-state index < -0.39 is 0 Å². The normalized spacial score (nSPS) is 13.2. The summed E-state index contributed by atoms with van der Waals surface area (Å²) in [4.78, 5) is 0. The molecule has 1 atom stereocenters. The Hall–Kier alpha value is -0.610. The molecule has 0 radical (unpaired) electrons. The Labute approximate surface area is 127 Å². The summed E-state index contributed by atoms with van der Waals surface area (Å²) < 4.78 is 11.4. The Morgan fingerprint density at radius 1 is 1.10 bits per heavy atom. The molecule has 1 unspecified atom stereocenters. The zero-order valence-electron chi connectivity index (χ0n) is 12.9. The Balaban J connectivity index is 2.55. The molecule has 0 aromatic heterocycles. The van der Waals surface area contributed by atoms with E-state index in [1.807, 2.05) is 38.1 Å². The predicted octanol–water partition coefficient (Wildman–Crippen LogP) is 3.82. The van der Waals surface area contributed by atoms with Crippen molar-refractivity contribution in [2.45, 2.75) is 45.9 Å². The van der Waals surface area contributed by atoms with Gasteiger partial charge in [0.25, 0.3) is 0 Å². The molecule has 0 saturated heterocycles. The van der Waals surface area contributed by atoms with Gasteiger partial charge in [-0.25, -0.2) is 0 Å². The van der Waals surface area contributed by atoms with Gasteiger partial charge in [-0.3, -0.25) is 0 Å². The summed E-state index contributed by atoms with van der Waals surface area (Å²) in [6.45, 7) is 10.2. The molecule has 0 aliphatic carbocycles. The molecular weight excluding hydrogens is 274 g/mol. The van der Waals surface area contributed by atoms with Crippen LogP contribution in [-0.4, -0.2) is 31.9 Å². The molecule has 1 rings (SSSR count). The predicted molar refractivity (Wildman–Crippen MR) is 84.4 cm³/mol. The van der Waals surface area contributed by atoms with Crippen molar-refractivity contribution in [1.82, 2.24) is 5.32 Å². The van der Waals surface area contributed by atoms with E-state index in [1.165, 1.54) is 0 Å². The Kier molecular flexibility index (Phi) is 8.15. The maximum atomic E-state index is 6.05. The molecule has 0 heterocycles. The van der Waals surface area contributed by atoms with E-state index in [0.717, 1.165) is 17.1 Å². The summed E-state index contributed by atoms with van der Waals surface area (Å²) in [5, 5.41) is 4.14. The zero-order chi connectivity index (χ0) is 15.0. The van der Waals surface area contributed by atoms with Crippen LogP contribution in [0.2, 0.25) is 5.02 Å². The minimum Gasteiger partial charge on any atom is -0.376 e. The van der Waals surface area contributed by atoms with Gasteiger partial charge in [-0.2, -0.15) is 0 Å². The molecular formula is C16H26ClNO2. The minimum atomic E-state index is -0.00753. The third-order valence-electron chi connectivity index (χ3n) is 2.79. The summed E-state index contributed by atoms with van der Waals surface area (Å²) in [6.07, 6.45) is 0.226. The number of halogens is 1. The van der Waals surface area contributed by atoms with Crippen LogP contribution in [0.1, 0.15) is 39.4 Å². The third kappa shape index (κ3) is 7.25. The number of hydrogen-bond donors (Lipinski definition) is 1. The van der Waals surface area contributed by atoms with E-state index >= 15 is 0 Å². The van der Waals surface area contributed by atoms with E-state index in [-0.39, 0.29) is 12.2 Å². The van der Waals surface area contributed by atoms with Crippen molar-refractivity contribution in [2.24, 2.45) is 0 Å². The molecule has 20 heavy (non-hydrogen) atoms. The van der Waals surface area contributed by atoms with Gasteiger partial charge in [0.05, 0.1) is 25.4 Å². The molecule has 3 nitrogen and oxygen atoms in total. The highest BCUT2D eigenvalue weighted by molar-refractivity contribution is 6.30. The lowest BCUT2D eigenvalue weighted by atomic mass is 10.1.